The number of hydrogen-bond donors (Lipinski definition) is 0. The summed E-state index contributed by atoms with van der Waals surface area (Å²) in [7, 11) is 0. The van der Waals surface area contributed by atoms with Crippen molar-refractivity contribution in [3.63, 3.8) is 0 Å². The zero-order valence-electron chi connectivity index (χ0n) is 12.1. The summed E-state index contributed by atoms with van der Waals surface area (Å²) in [6.45, 7) is 6.11. The molecule has 2 rings (SSSR count). The van der Waals surface area contributed by atoms with Gasteiger partial charge < -0.3 is 0 Å². The van der Waals surface area contributed by atoms with Crippen LogP contribution in [0.1, 0.15) is 42.3 Å². The topological polar surface area (TPSA) is 17.1 Å². The van der Waals surface area contributed by atoms with Crippen LogP contribution in [0.5, 0.6) is 0 Å². The highest BCUT2D eigenvalue weighted by Crippen LogP contribution is 2.24. The second-order valence-electron chi connectivity index (χ2n) is 6.02. The molecule has 0 heterocycles. The Morgan fingerprint density at radius 1 is 1.05 bits per heavy atom. The van der Waals surface area contributed by atoms with Crippen LogP contribution < -0.4 is 0 Å². The molecule has 20 heavy (non-hydrogen) atoms. The molecule has 2 heteroatoms. The van der Waals surface area contributed by atoms with Gasteiger partial charge in [0.2, 0.25) is 0 Å². The molecule has 0 spiro atoms. The number of benzene rings is 2. The fraction of sp³-hybridized carbons (Fsp3) is 0.278. The minimum atomic E-state index is -0.304. The lowest BCUT2D eigenvalue weighted by atomic mass is 9.86. The fourth-order valence-electron chi connectivity index (χ4n) is 2.06. The van der Waals surface area contributed by atoms with Crippen LogP contribution in [-0.2, 0) is 11.8 Å². The number of ketones is 1. The van der Waals surface area contributed by atoms with E-state index in [2.05, 4.69) is 0 Å². The standard InChI is InChI=1S/C18H19FO/c1-18(2,3)15-10-9-14(16(19)12-15)11-17(20)13-7-5-4-6-8-13/h4-10,12H,11H2,1-3H3. The Balaban J connectivity index is 2.21. The van der Waals surface area contributed by atoms with Crippen LogP contribution in [0.4, 0.5) is 4.39 Å². The van der Waals surface area contributed by atoms with Gasteiger partial charge in [0.15, 0.2) is 5.78 Å². The van der Waals surface area contributed by atoms with Crippen molar-refractivity contribution in [3.8, 4) is 0 Å². The van der Waals surface area contributed by atoms with Crippen LogP contribution in [0.15, 0.2) is 48.5 Å². The lowest BCUT2D eigenvalue weighted by Crippen LogP contribution is -2.12. The Morgan fingerprint density at radius 3 is 2.25 bits per heavy atom. The molecule has 0 unspecified atom stereocenters. The van der Waals surface area contributed by atoms with E-state index in [1.807, 2.05) is 45.0 Å². The molecule has 0 amide bonds. The van der Waals surface area contributed by atoms with Crippen LogP contribution in [0.2, 0.25) is 0 Å². The molecule has 0 N–H and O–H groups in total. The first-order chi connectivity index (χ1) is 9.38. The Morgan fingerprint density at radius 2 is 1.70 bits per heavy atom. The largest absolute Gasteiger partial charge is 0.294 e. The van der Waals surface area contributed by atoms with E-state index in [1.165, 1.54) is 6.07 Å². The van der Waals surface area contributed by atoms with E-state index in [-0.39, 0.29) is 23.4 Å². The van der Waals surface area contributed by atoms with Crippen molar-refractivity contribution in [1.29, 1.82) is 0 Å². The van der Waals surface area contributed by atoms with Crippen molar-refractivity contribution >= 4 is 5.78 Å². The van der Waals surface area contributed by atoms with Gasteiger partial charge in [-0.2, -0.15) is 0 Å². The molecule has 0 bridgehead atoms. The third kappa shape index (κ3) is 3.32. The molecule has 2 aromatic carbocycles. The summed E-state index contributed by atoms with van der Waals surface area (Å²) in [6, 6.07) is 14.1. The Kier molecular flexibility index (Phi) is 4.03. The summed E-state index contributed by atoms with van der Waals surface area (Å²) in [6.07, 6.45) is 0.0975. The minimum absolute atomic E-state index is 0.0620. The van der Waals surface area contributed by atoms with E-state index in [4.69, 9.17) is 0 Å². The van der Waals surface area contributed by atoms with Gasteiger partial charge in [-0.1, -0.05) is 63.2 Å². The van der Waals surface area contributed by atoms with E-state index < -0.39 is 0 Å². The summed E-state index contributed by atoms with van der Waals surface area (Å²) in [5.74, 6) is -0.366. The number of Topliss-reactive ketones (excluding diaryl/α,β-unsaturated/α-hetero) is 1. The van der Waals surface area contributed by atoms with E-state index in [0.29, 0.717) is 11.1 Å². The summed E-state index contributed by atoms with van der Waals surface area (Å²) < 4.78 is 14.1. The molecule has 0 saturated carbocycles. The highest BCUT2D eigenvalue weighted by molar-refractivity contribution is 5.97. The van der Waals surface area contributed by atoms with Gasteiger partial charge in [0.25, 0.3) is 0 Å². The van der Waals surface area contributed by atoms with Gasteiger partial charge in [-0.25, -0.2) is 4.39 Å². The number of hydrogen-bond acceptors (Lipinski definition) is 1. The molecule has 0 fully saturated rings. The molecule has 0 aliphatic rings. The van der Waals surface area contributed by atoms with Crippen LogP contribution >= 0.6 is 0 Å². The van der Waals surface area contributed by atoms with Gasteiger partial charge in [0.1, 0.15) is 5.82 Å². The second-order valence-corrected chi connectivity index (χ2v) is 6.02. The number of carbonyl (C=O) groups excluding carboxylic acids is 1. The zero-order valence-corrected chi connectivity index (χ0v) is 12.1. The zero-order chi connectivity index (χ0) is 14.8. The highest BCUT2D eigenvalue weighted by atomic mass is 19.1. The van der Waals surface area contributed by atoms with E-state index >= 15 is 0 Å². The van der Waals surface area contributed by atoms with Crippen molar-refractivity contribution in [3.05, 3.63) is 71.0 Å². The number of rotatable bonds is 3. The van der Waals surface area contributed by atoms with Crippen molar-refractivity contribution in [2.75, 3.05) is 0 Å². The quantitative estimate of drug-likeness (QED) is 0.748. The lowest BCUT2D eigenvalue weighted by Gasteiger charge is -2.19. The minimum Gasteiger partial charge on any atom is -0.294 e. The molecule has 0 atom stereocenters. The Labute approximate surface area is 119 Å². The average molecular weight is 270 g/mol. The van der Waals surface area contributed by atoms with Gasteiger partial charge in [0.05, 0.1) is 0 Å². The smallest absolute Gasteiger partial charge is 0.167 e. The van der Waals surface area contributed by atoms with Crippen molar-refractivity contribution < 1.29 is 9.18 Å². The van der Waals surface area contributed by atoms with Crippen LogP contribution in [0.25, 0.3) is 0 Å². The molecular formula is C18H19FO. The van der Waals surface area contributed by atoms with Crippen molar-refractivity contribution in [2.24, 2.45) is 0 Å². The van der Waals surface area contributed by atoms with Gasteiger partial charge in [-0.15, -0.1) is 0 Å². The molecule has 0 saturated heterocycles. The maximum atomic E-state index is 14.1. The molecule has 0 aromatic heterocycles. The first-order valence-corrected chi connectivity index (χ1v) is 6.75. The normalized spacial score (nSPS) is 11.4. The molecule has 104 valence electrons. The predicted octanol–water partition coefficient (Wildman–Crippen LogP) is 4.55. The molecule has 0 radical (unpaired) electrons. The molecule has 0 aliphatic carbocycles. The molecule has 2 aromatic rings. The summed E-state index contributed by atoms with van der Waals surface area (Å²) >= 11 is 0. The first-order valence-electron chi connectivity index (χ1n) is 6.75. The fourth-order valence-corrected chi connectivity index (χ4v) is 2.06. The van der Waals surface area contributed by atoms with E-state index in [1.54, 1.807) is 18.2 Å². The maximum Gasteiger partial charge on any atom is 0.167 e. The average Bonchev–Trinajstić information content (AvgIpc) is 2.41. The maximum absolute atomic E-state index is 14.1. The van der Waals surface area contributed by atoms with Gasteiger partial charge in [-0.3, -0.25) is 4.79 Å². The Hall–Kier alpha value is -1.96. The third-order valence-electron chi connectivity index (χ3n) is 3.37. The van der Waals surface area contributed by atoms with E-state index in [9.17, 15) is 9.18 Å². The van der Waals surface area contributed by atoms with Gasteiger partial charge >= 0.3 is 0 Å². The lowest BCUT2D eigenvalue weighted by molar-refractivity contribution is 0.0992. The number of carbonyl (C=O) groups is 1. The first kappa shape index (κ1) is 14.4. The Bertz CT molecular complexity index is 609. The highest BCUT2D eigenvalue weighted by Gasteiger charge is 2.17. The molecular weight excluding hydrogens is 251 g/mol. The third-order valence-corrected chi connectivity index (χ3v) is 3.37. The van der Waals surface area contributed by atoms with Crippen molar-refractivity contribution in [1.82, 2.24) is 0 Å². The summed E-state index contributed by atoms with van der Waals surface area (Å²) in [5.41, 5.74) is 1.91. The van der Waals surface area contributed by atoms with Crippen LogP contribution in [-0.4, -0.2) is 5.78 Å². The summed E-state index contributed by atoms with van der Waals surface area (Å²) in [4.78, 5) is 12.1. The molecule has 0 aliphatic heterocycles. The van der Waals surface area contributed by atoms with Gasteiger partial charge in [-0.05, 0) is 22.6 Å². The molecule has 1 nitrogen and oxygen atoms in total. The van der Waals surface area contributed by atoms with Gasteiger partial charge in [0, 0.05) is 12.0 Å². The van der Waals surface area contributed by atoms with Crippen LogP contribution in [0.3, 0.4) is 0 Å². The summed E-state index contributed by atoms with van der Waals surface area (Å²) in [5, 5.41) is 0. The van der Waals surface area contributed by atoms with Crippen LogP contribution in [0, 0.1) is 5.82 Å². The SMILES string of the molecule is CC(C)(C)c1ccc(CC(=O)c2ccccc2)c(F)c1. The predicted molar refractivity (Wildman–Crippen MR) is 79.6 cm³/mol. The van der Waals surface area contributed by atoms with Crippen molar-refractivity contribution in [2.45, 2.75) is 32.6 Å². The second kappa shape index (κ2) is 5.58. The monoisotopic (exact) mass is 270 g/mol. The van der Waals surface area contributed by atoms with E-state index in [0.717, 1.165) is 5.56 Å². The number of halogens is 1.